The van der Waals surface area contributed by atoms with Gasteiger partial charge in [0.1, 0.15) is 5.82 Å². The molecule has 2 aliphatic rings. The zero-order valence-corrected chi connectivity index (χ0v) is 17.3. The van der Waals surface area contributed by atoms with Crippen LogP contribution in [0.15, 0.2) is 6.07 Å². The highest BCUT2D eigenvalue weighted by molar-refractivity contribution is 5.84. The van der Waals surface area contributed by atoms with Gasteiger partial charge in [0.05, 0.1) is 5.41 Å². The van der Waals surface area contributed by atoms with E-state index in [4.69, 9.17) is 15.6 Å². The monoisotopic (exact) mass is 431 g/mol. The van der Waals surface area contributed by atoms with Crippen molar-refractivity contribution in [1.82, 2.24) is 9.97 Å². The Labute approximate surface area is 173 Å². The largest absolute Gasteiger partial charge is 0.490 e. The lowest BCUT2D eigenvalue weighted by Crippen LogP contribution is -2.36. The summed E-state index contributed by atoms with van der Waals surface area (Å²) in [5.74, 6) is -0.764. The van der Waals surface area contributed by atoms with Crippen molar-refractivity contribution in [3.05, 3.63) is 11.8 Å². The van der Waals surface area contributed by atoms with Gasteiger partial charge in [-0.1, -0.05) is 0 Å². The lowest BCUT2D eigenvalue weighted by molar-refractivity contribution is -0.192. The van der Waals surface area contributed by atoms with Gasteiger partial charge in [-0.25, -0.2) is 9.78 Å². The average molecular weight is 431 g/mol. The van der Waals surface area contributed by atoms with Gasteiger partial charge < -0.3 is 21.1 Å². The van der Waals surface area contributed by atoms with Crippen molar-refractivity contribution in [2.75, 3.05) is 24.3 Å². The second-order valence-corrected chi connectivity index (χ2v) is 8.10. The van der Waals surface area contributed by atoms with Gasteiger partial charge in [-0.2, -0.15) is 18.2 Å². The number of nitrogens with two attached hydrogens (primary N) is 1. The number of primary amides is 1. The van der Waals surface area contributed by atoms with Crippen LogP contribution in [-0.4, -0.2) is 53.3 Å². The molecule has 8 nitrogen and oxygen atoms in total. The van der Waals surface area contributed by atoms with Crippen LogP contribution in [0, 0.1) is 18.3 Å². The van der Waals surface area contributed by atoms with Gasteiger partial charge in [0.2, 0.25) is 11.9 Å². The molecule has 11 heteroatoms. The number of carboxylic acids is 1. The highest BCUT2D eigenvalue weighted by Gasteiger charge is 2.54. The van der Waals surface area contributed by atoms with E-state index in [0.29, 0.717) is 17.9 Å². The molecule has 1 aromatic rings. The molecule has 0 radical (unpaired) electrons. The number of nitrogens with zero attached hydrogens (tertiary/aromatic N) is 3. The predicted octanol–water partition coefficient (Wildman–Crippen LogP) is 2.72. The fourth-order valence-corrected chi connectivity index (χ4v) is 3.81. The smallest absolute Gasteiger partial charge is 0.475 e. The zero-order chi connectivity index (χ0) is 22.7. The van der Waals surface area contributed by atoms with E-state index >= 15 is 0 Å². The van der Waals surface area contributed by atoms with Crippen LogP contribution in [0.1, 0.15) is 44.2 Å². The second-order valence-electron chi connectivity index (χ2n) is 8.10. The highest BCUT2D eigenvalue weighted by Crippen LogP contribution is 2.56. The maximum absolute atomic E-state index is 11.7. The summed E-state index contributed by atoms with van der Waals surface area (Å²) in [4.78, 5) is 31.6. The molecule has 0 aromatic carbocycles. The van der Waals surface area contributed by atoms with Crippen LogP contribution in [0.3, 0.4) is 0 Å². The summed E-state index contributed by atoms with van der Waals surface area (Å²) in [5.41, 5.74) is 6.39. The first-order chi connectivity index (χ1) is 13.8. The molecule has 0 saturated heterocycles. The fraction of sp³-hybridized carbons (Fsp3) is 0.684. The Morgan fingerprint density at radius 3 is 2.13 bits per heavy atom. The van der Waals surface area contributed by atoms with Crippen molar-refractivity contribution in [2.45, 2.75) is 57.7 Å². The van der Waals surface area contributed by atoms with Gasteiger partial charge >= 0.3 is 12.1 Å². The van der Waals surface area contributed by atoms with Crippen molar-refractivity contribution in [3.8, 4) is 0 Å². The van der Waals surface area contributed by atoms with Crippen molar-refractivity contribution in [3.63, 3.8) is 0 Å². The Hall–Kier alpha value is -2.59. The number of carboxylic acid groups (broad SMARTS) is 1. The van der Waals surface area contributed by atoms with Crippen LogP contribution < -0.4 is 16.0 Å². The minimum absolute atomic E-state index is 0.0912. The summed E-state index contributed by atoms with van der Waals surface area (Å²) in [7, 11) is 3.96. The molecule has 1 amide bonds. The lowest BCUT2D eigenvalue weighted by atomic mass is 9.75. The van der Waals surface area contributed by atoms with E-state index in [2.05, 4.69) is 15.3 Å². The molecule has 2 saturated carbocycles. The first-order valence-electron chi connectivity index (χ1n) is 9.74. The molecule has 1 heterocycles. The average Bonchev–Trinajstić information content (AvgIpc) is 3.43. The zero-order valence-electron chi connectivity index (χ0n) is 17.3. The summed E-state index contributed by atoms with van der Waals surface area (Å²) in [6, 6.07) is 2.36. The van der Waals surface area contributed by atoms with Gasteiger partial charge in [0, 0.05) is 31.9 Å². The van der Waals surface area contributed by atoms with E-state index in [1.165, 1.54) is 0 Å². The maximum atomic E-state index is 11.7. The van der Waals surface area contributed by atoms with Gasteiger partial charge in [-0.3, -0.25) is 4.79 Å². The number of nitrogens with one attached hydrogen (secondary N) is 1. The molecule has 1 aromatic heterocycles. The summed E-state index contributed by atoms with van der Waals surface area (Å²) in [6.07, 6.45) is 1.11. The second kappa shape index (κ2) is 9.05. The Kier molecular flexibility index (Phi) is 7.14. The van der Waals surface area contributed by atoms with Crippen molar-refractivity contribution in [2.24, 2.45) is 17.1 Å². The van der Waals surface area contributed by atoms with Crippen LogP contribution in [-0.2, 0) is 9.59 Å². The number of rotatable bonds is 5. The molecule has 0 atom stereocenters. The number of carbonyl (C=O) groups excluding carboxylic acids is 1. The molecular weight excluding hydrogens is 403 g/mol. The number of aliphatic carboxylic acids is 1. The van der Waals surface area contributed by atoms with Crippen LogP contribution in [0.2, 0.25) is 0 Å². The lowest BCUT2D eigenvalue weighted by Gasteiger charge is -2.33. The molecule has 2 aliphatic carbocycles. The number of amides is 1. The topological polar surface area (TPSA) is 121 Å². The minimum Gasteiger partial charge on any atom is -0.475 e. The molecule has 4 N–H and O–H groups in total. The summed E-state index contributed by atoms with van der Waals surface area (Å²) < 4.78 is 31.7. The quantitative estimate of drug-likeness (QED) is 0.655. The molecule has 0 unspecified atom stereocenters. The standard InChI is InChI=1S/C17H27N5O.C2HF3O2/c1-11-10-14(22(2)3)21-16(19-11)20-13-6-4-12(5-7-13)17(8-9-17)15(18)23;3-2(4,5)1(6)7/h10,12-13H,4-9H2,1-3H3,(H2,18,23)(H,19,20,21);(H,6,7)/t12-,13+;. The number of halogens is 3. The third kappa shape index (κ3) is 5.96. The normalized spacial score (nSPS) is 22.3. The van der Waals surface area contributed by atoms with E-state index in [9.17, 15) is 18.0 Å². The van der Waals surface area contributed by atoms with E-state index < -0.39 is 12.1 Å². The first-order valence-corrected chi connectivity index (χ1v) is 9.74. The van der Waals surface area contributed by atoms with Crippen molar-refractivity contribution in [1.29, 1.82) is 0 Å². The molecule has 168 valence electrons. The van der Waals surface area contributed by atoms with E-state index in [0.717, 1.165) is 50.0 Å². The maximum Gasteiger partial charge on any atom is 0.490 e. The fourth-order valence-electron chi connectivity index (χ4n) is 3.81. The number of alkyl halides is 3. The van der Waals surface area contributed by atoms with Crippen LogP contribution in [0.25, 0.3) is 0 Å². The summed E-state index contributed by atoms with van der Waals surface area (Å²) in [5, 5.41) is 10.6. The number of aryl methyl sites for hydroxylation is 1. The Balaban J connectivity index is 0.000000396. The SMILES string of the molecule is Cc1cc(N(C)C)nc(N[C@H]2CC[C@@H](C3(C(N)=O)CC3)CC2)n1.O=C(O)C(F)(F)F. The third-order valence-electron chi connectivity index (χ3n) is 5.66. The Bertz CT molecular complexity index is 773. The molecule has 0 aliphatic heterocycles. The van der Waals surface area contributed by atoms with Crippen LogP contribution >= 0.6 is 0 Å². The highest BCUT2D eigenvalue weighted by atomic mass is 19.4. The third-order valence-corrected chi connectivity index (χ3v) is 5.66. The van der Waals surface area contributed by atoms with Crippen molar-refractivity contribution >= 4 is 23.6 Å². The number of hydrogen-bond acceptors (Lipinski definition) is 6. The van der Waals surface area contributed by atoms with E-state index in [1.54, 1.807) is 0 Å². The van der Waals surface area contributed by atoms with E-state index in [1.807, 2.05) is 32.0 Å². The molecule has 0 spiro atoms. The Morgan fingerprint density at radius 2 is 1.73 bits per heavy atom. The van der Waals surface area contributed by atoms with Crippen molar-refractivity contribution < 1.29 is 27.9 Å². The van der Waals surface area contributed by atoms with E-state index in [-0.39, 0.29) is 11.3 Å². The number of aromatic nitrogens is 2. The summed E-state index contributed by atoms with van der Waals surface area (Å²) >= 11 is 0. The van der Waals surface area contributed by atoms with Gasteiger partial charge in [-0.15, -0.1) is 0 Å². The summed E-state index contributed by atoms with van der Waals surface area (Å²) in [6.45, 7) is 1.99. The minimum atomic E-state index is -5.08. The van der Waals surface area contributed by atoms with Gasteiger partial charge in [-0.05, 0) is 51.4 Å². The number of hydrogen-bond donors (Lipinski definition) is 3. The molecule has 0 bridgehead atoms. The van der Waals surface area contributed by atoms with Crippen LogP contribution in [0.4, 0.5) is 24.9 Å². The van der Waals surface area contributed by atoms with Gasteiger partial charge in [0.15, 0.2) is 0 Å². The number of anilines is 2. The molecule has 3 rings (SSSR count). The van der Waals surface area contributed by atoms with Crippen LogP contribution in [0.5, 0.6) is 0 Å². The predicted molar refractivity (Wildman–Crippen MR) is 105 cm³/mol. The first kappa shape index (κ1) is 23.7. The molecular formula is C19H28F3N5O3. The molecule has 2 fully saturated rings. The Morgan fingerprint density at radius 1 is 1.20 bits per heavy atom. The number of carbonyl (C=O) groups is 2. The molecule has 30 heavy (non-hydrogen) atoms. The van der Waals surface area contributed by atoms with Gasteiger partial charge in [0.25, 0.3) is 0 Å².